The number of benzene rings is 1. The molecule has 0 radical (unpaired) electrons. The van der Waals surface area contributed by atoms with Crippen molar-refractivity contribution in [3.8, 4) is 0 Å². The largest absolute Gasteiger partial charge is 0.286 e. The molecule has 0 aliphatic heterocycles. The second-order valence-electron chi connectivity index (χ2n) is 4.50. The third-order valence-corrected chi connectivity index (χ3v) is 3.13. The molecule has 3 aromatic rings. The molecule has 3 rings (SSSR count). The van der Waals surface area contributed by atoms with E-state index in [2.05, 4.69) is 52.7 Å². The van der Waals surface area contributed by atoms with Crippen molar-refractivity contribution < 1.29 is 0 Å². The number of aromatic nitrogens is 3. The number of hydrogen-bond donors (Lipinski definition) is 0. The van der Waals surface area contributed by atoms with Gasteiger partial charge in [-0.2, -0.15) is 0 Å². The van der Waals surface area contributed by atoms with Crippen LogP contribution in [0.25, 0.3) is 11.7 Å². The van der Waals surface area contributed by atoms with E-state index in [1.807, 2.05) is 29.7 Å². The van der Waals surface area contributed by atoms with Crippen molar-refractivity contribution in [2.24, 2.45) is 0 Å². The van der Waals surface area contributed by atoms with Gasteiger partial charge in [0, 0.05) is 11.8 Å². The summed E-state index contributed by atoms with van der Waals surface area (Å²) in [4.78, 5) is 0. The topological polar surface area (TPSA) is 30.2 Å². The molecule has 3 heteroatoms. The van der Waals surface area contributed by atoms with Gasteiger partial charge in [-0.05, 0) is 31.0 Å². The molecule has 0 saturated heterocycles. The molecular formula is C16H15N3. The van der Waals surface area contributed by atoms with Gasteiger partial charge in [-0.15, -0.1) is 10.2 Å². The lowest BCUT2D eigenvalue weighted by Crippen LogP contribution is -1.89. The number of nitrogens with zero attached hydrogens (tertiary/aromatic N) is 3. The van der Waals surface area contributed by atoms with Crippen molar-refractivity contribution in [1.29, 1.82) is 0 Å². The van der Waals surface area contributed by atoms with Crippen LogP contribution in [0.15, 0.2) is 54.7 Å². The van der Waals surface area contributed by atoms with Gasteiger partial charge in [0.05, 0.1) is 0 Å². The first kappa shape index (κ1) is 11.7. The Morgan fingerprint density at radius 2 is 1.89 bits per heavy atom. The molecule has 0 N–H and O–H groups in total. The quantitative estimate of drug-likeness (QED) is 0.713. The predicted octanol–water partition coefficient (Wildman–Crippen LogP) is 3.29. The molecule has 0 amide bonds. The predicted molar refractivity (Wildman–Crippen MR) is 76.9 cm³/mol. The van der Waals surface area contributed by atoms with Crippen molar-refractivity contribution in [2.75, 3.05) is 0 Å². The van der Waals surface area contributed by atoms with Crippen LogP contribution in [-0.4, -0.2) is 14.6 Å². The minimum absolute atomic E-state index is 0.907. The fourth-order valence-electron chi connectivity index (χ4n) is 2.12. The summed E-state index contributed by atoms with van der Waals surface area (Å²) >= 11 is 0. The average Bonchev–Trinajstić information content (AvgIpc) is 2.83. The Morgan fingerprint density at radius 1 is 1.05 bits per heavy atom. The molecule has 0 bridgehead atoms. The Bertz CT molecular complexity index is 711. The molecule has 3 nitrogen and oxygen atoms in total. The fraction of sp³-hybridized carbons (Fsp3) is 0.125. The van der Waals surface area contributed by atoms with Crippen molar-refractivity contribution in [3.63, 3.8) is 0 Å². The fourth-order valence-corrected chi connectivity index (χ4v) is 2.12. The third-order valence-electron chi connectivity index (χ3n) is 3.13. The van der Waals surface area contributed by atoms with Crippen LogP contribution < -0.4 is 0 Å². The molecule has 0 saturated carbocycles. The van der Waals surface area contributed by atoms with E-state index >= 15 is 0 Å². The molecule has 0 aliphatic rings. The lowest BCUT2D eigenvalue weighted by Gasteiger charge is -1.98. The Hall–Kier alpha value is -2.42. The number of pyridine rings is 1. The van der Waals surface area contributed by atoms with Crippen LogP contribution >= 0.6 is 0 Å². The molecule has 0 fully saturated rings. The van der Waals surface area contributed by atoms with Crippen LogP contribution in [0.4, 0.5) is 0 Å². The molecular weight excluding hydrogens is 234 g/mol. The van der Waals surface area contributed by atoms with Gasteiger partial charge in [0.2, 0.25) is 0 Å². The van der Waals surface area contributed by atoms with E-state index in [1.165, 1.54) is 5.56 Å². The van der Waals surface area contributed by atoms with E-state index in [-0.39, 0.29) is 0 Å². The highest BCUT2D eigenvalue weighted by atomic mass is 15.2. The maximum atomic E-state index is 4.21. The van der Waals surface area contributed by atoms with Crippen LogP contribution in [0, 0.1) is 6.92 Å². The zero-order valence-corrected chi connectivity index (χ0v) is 10.8. The molecule has 0 unspecified atom stereocenters. The molecule has 1 aromatic carbocycles. The Balaban J connectivity index is 1.85. The SMILES string of the molecule is Cc1nnc2c(C=CCc3ccccc3)cccn12. The summed E-state index contributed by atoms with van der Waals surface area (Å²) in [5.41, 5.74) is 3.31. The Labute approximate surface area is 112 Å². The van der Waals surface area contributed by atoms with Gasteiger partial charge in [-0.3, -0.25) is 4.40 Å². The molecule has 0 atom stereocenters. The maximum Gasteiger partial charge on any atom is 0.168 e. The summed E-state index contributed by atoms with van der Waals surface area (Å²) in [5.74, 6) is 0.910. The second-order valence-corrected chi connectivity index (χ2v) is 4.50. The smallest absolute Gasteiger partial charge is 0.168 e. The zero-order valence-electron chi connectivity index (χ0n) is 10.8. The summed E-state index contributed by atoms with van der Waals surface area (Å²) < 4.78 is 2.00. The molecule has 19 heavy (non-hydrogen) atoms. The highest BCUT2D eigenvalue weighted by molar-refractivity contribution is 5.65. The van der Waals surface area contributed by atoms with Gasteiger partial charge >= 0.3 is 0 Å². The average molecular weight is 249 g/mol. The van der Waals surface area contributed by atoms with Gasteiger partial charge in [0.15, 0.2) is 5.65 Å². The van der Waals surface area contributed by atoms with Crippen LogP contribution in [-0.2, 0) is 6.42 Å². The van der Waals surface area contributed by atoms with Gasteiger partial charge in [-0.25, -0.2) is 0 Å². The van der Waals surface area contributed by atoms with Gasteiger partial charge in [0.25, 0.3) is 0 Å². The van der Waals surface area contributed by atoms with Crippen LogP contribution in [0.5, 0.6) is 0 Å². The van der Waals surface area contributed by atoms with E-state index in [4.69, 9.17) is 0 Å². The summed E-state index contributed by atoms with van der Waals surface area (Å²) in [7, 11) is 0. The number of fused-ring (bicyclic) bond motifs is 1. The first-order valence-electron chi connectivity index (χ1n) is 6.35. The normalized spacial score (nSPS) is 11.4. The van der Waals surface area contributed by atoms with Crippen LogP contribution in [0.1, 0.15) is 17.0 Å². The van der Waals surface area contributed by atoms with Gasteiger partial charge < -0.3 is 0 Å². The number of hydrogen-bond acceptors (Lipinski definition) is 2. The highest BCUT2D eigenvalue weighted by Crippen LogP contribution is 2.12. The molecule has 0 spiro atoms. The van der Waals surface area contributed by atoms with Crippen molar-refractivity contribution in [3.05, 3.63) is 71.7 Å². The summed E-state index contributed by atoms with van der Waals surface area (Å²) in [5, 5.41) is 8.31. The van der Waals surface area contributed by atoms with Crippen molar-refractivity contribution >= 4 is 11.7 Å². The lowest BCUT2D eigenvalue weighted by molar-refractivity contribution is 1.01. The van der Waals surface area contributed by atoms with Crippen LogP contribution in [0.2, 0.25) is 0 Å². The van der Waals surface area contributed by atoms with E-state index in [9.17, 15) is 0 Å². The van der Waals surface area contributed by atoms with E-state index in [0.717, 1.165) is 23.5 Å². The summed E-state index contributed by atoms with van der Waals surface area (Å²) in [6, 6.07) is 14.5. The van der Waals surface area contributed by atoms with Gasteiger partial charge in [0.1, 0.15) is 5.82 Å². The zero-order chi connectivity index (χ0) is 13.1. The summed E-state index contributed by atoms with van der Waals surface area (Å²) in [6.45, 7) is 1.96. The van der Waals surface area contributed by atoms with Crippen molar-refractivity contribution in [2.45, 2.75) is 13.3 Å². The van der Waals surface area contributed by atoms with Gasteiger partial charge in [-0.1, -0.05) is 42.5 Å². The number of allylic oxidation sites excluding steroid dienone is 1. The Morgan fingerprint density at radius 3 is 2.74 bits per heavy atom. The lowest BCUT2D eigenvalue weighted by atomic mass is 10.1. The van der Waals surface area contributed by atoms with E-state index in [0.29, 0.717) is 0 Å². The second kappa shape index (κ2) is 5.06. The number of aryl methyl sites for hydroxylation is 1. The molecule has 0 aliphatic carbocycles. The molecule has 2 aromatic heterocycles. The molecule has 94 valence electrons. The minimum Gasteiger partial charge on any atom is -0.286 e. The molecule has 2 heterocycles. The monoisotopic (exact) mass is 249 g/mol. The van der Waals surface area contributed by atoms with E-state index in [1.54, 1.807) is 0 Å². The highest BCUT2D eigenvalue weighted by Gasteiger charge is 2.02. The van der Waals surface area contributed by atoms with Crippen molar-refractivity contribution in [1.82, 2.24) is 14.6 Å². The summed E-state index contributed by atoms with van der Waals surface area (Å²) in [6.07, 6.45) is 7.18. The Kier molecular flexibility index (Phi) is 3.11. The standard InChI is InChI=1S/C16H15N3/c1-13-17-18-16-15(11-6-12-19(13)16)10-5-9-14-7-3-2-4-8-14/h2-8,10-12H,9H2,1H3. The third kappa shape index (κ3) is 2.40. The van der Waals surface area contributed by atoms with E-state index < -0.39 is 0 Å². The first-order valence-corrected chi connectivity index (χ1v) is 6.35. The number of rotatable bonds is 3. The minimum atomic E-state index is 0.907. The van der Waals surface area contributed by atoms with Crippen LogP contribution in [0.3, 0.4) is 0 Å². The first-order chi connectivity index (χ1) is 9.34. The maximum absolute atomic E-state index is 4.21.